The second-order valence-corrected chi connectivity index (χ2v) is 9.72. The molecule has 7 nitrogen and oxygen atoms in total. The third-order valence-electron chi connectivity index (χ3n) is 6.85. The predicted octanol–water partition coefficient (Wildman–Crippen LogP) is 3.75. The van der Waals surface area contributed by atoms with Crippen molar-refractivity contribution in [3.05, 3.63) is 82.1 Å². The van der Waals surface area contributed by atoms with Gasteiger partial charge in [0.2, 0.25) is 5.91 Å². The van der Waals surface area contributed by atoms with Crippen LogP contribution in [0.5, 0.6) is 0 Å². The van der Waals surface area contributed by atoms with E-state index in [0.29, 0.717) is 19.4 Å². The summed E-state index contributed by atoms with van der Waals surface area (Å²) >= 11 is 5.92. The minimum Gasteiger partial charge on any atom is -0.356 e. The van der Waals surface area contributed by atoms with Crippen LogP contribution in [0.25, 0.3) is 0 Å². The summed E-state index contributed by atoms with van der Waals surface area (Å²) in [6, 6.07) is 14.9. The van der Waals surface area contributed by atoms with Crippen LogP contribution in [-0.4, -0.2) is 40.4 Å². The van der Waals surface area contributed by atoms with Crippen LogP contribution in [-0.2, 0) is 11.2 Å². The maximum Gasteiger partial charge on any atom is 0.220 e. The van der Waals surface area contributed by atoms with Gasteiger partial charge in [0.15, 0.2) is 0 Å². The van der Waals surface area contributed by atoms with Crippen LogP contribution in [0.1, 0.15) is 47.6 Å². The van der Waals surface area contributed by atoms with Gasteiger partial charge in [-0.2, -0.15) is 5.10 Å². The molecule has 0 spiro atoms. The number of aryl methyl sites for hydroxylation is 2. The van der Waals surface area contributed by atoms with Gasteiger partial charge in [0.25, 0.3) is 0 Å². The van der Waals surface area contributed by atoms with Crippen LogP contribution in [0.2, 0.25) is 5.02 Å². The van der Waals surface area contributed by atoms with Gasteiger partial charge in [-0.15, -0.1) is 0 Å². The Hall–Kier alpha value is -3.03. The third-order valence-corrected chi connectivity index (χ3v) is 7.10. The number of hydrogen-bond donors (Lipinski definition) is 3. The zero-order valence-corrected chi connectivity index (χ0v) is 20.3. The molecule has 3 aliphatic heterocycles. The molecular weight excluding hydrogens is 448 g/mol. The van der Waals surface area contributed by atoms with Crippen LogP contribution in [0.15, 0.2) is 60.0 Å². The zero-order valence-electron chi connectivity index (χ0n) is 19.6. The molecule has 3 aliphatic rings. The maximum atomic E-state index is 12.4. The van der Waals surface area contributed by atoms with Crippen LogP contribution >= 0.6 is 11.6 Å². The van der Waals surface area contributed by atoms with Gasteiger partial charge in [-0.1, -0.05) is 47.5 Å². The molecule has 8 heteroatoms. The van der Waals surface area contributed by atoms with Crippen LogP contribution in [0.3, 0.4) is 0 Å². The highest BCUT2D eigenvalue weighted by Gasteiger charge is 2.44. The summed E-state index contributed by atoms with van der Waals surface area (Å²) in [6.45, 7) is 4.92. The molecule has 3 heterocycles. The number of nitrogens with one attached hydrogen (secondary N) is 3. The van der Waals surface area contributed by atoms with Crippen molar-refractivity contribution >= 4 is 23.3 Å². The Balaban J connectivity index is 1.12. The molecule has 0 aliphatic carbocycles. The first kappa shape index (κ1) is 22.7. The summed E-state index contributed by atoms with van der Waals surface area (Å²) in [6.07, 6.45) is 6.98. The van der Waals surface area contributed by atoms with Crippen molar-refractivity contribution in [2.75, 3.05) is 6.54 Å². The number of amides is 1. The lowest BCUT2D eigenvalue weighted by Crippen LogP contribution is -2.54. The Labute approximate surface area is 205 Å². The number of fused-ring (bicyclic) bond motifs is 3. The highest BCUT2D eigenvalue weighted by Crippen LogP contribution is 2.35. The van der Waals surface area contributed by atoms with E-state index >= 15 is 0 Å². The lowest BCUT2D eigenvalue weighted by molar-refractivity contribution is -0.120. The average molecular weight is 479 g/mol. The van der Waals surface area contributed by atoms with E-state index in [1.54, 1.807) is 0 Å². The van der Waals surface area contributed by atoms with Gasteiger partial charge in [0, 0.05) is 36.8 Å². The van der Waals surface area contributed by atoms with Crippen molar-refractivity contribution < 1.29 is 4.79 Å². The van der Waals surface area contributed by atoms with E-state index < -0.39 is 0 Å². The van der Waals surface area contributed by atoms with Gasteiger partial charge in [-0.3, -0.25) is 10.2 Å². The van der Waals surface area contributed by atoms with Gasteiger partial charge >= 0.3 is 0 Å². The van der Waals surface area contributed by atoms with Crippen molar-refractivity contribution in [1.29, 1.82) is 0 Å². The molecule has 34 heavy (non-hydrogen) atoms. The standard InChI is InChI=1S/C26H31ClN6O/c1-17-3-4-18(2)21(15-17)22-16-23-26-30-29-24(32(26)13-14-33(23)31-22)9-10-25(34)28-12-11-19-5-7-20(27)8-6-19/h3-8,13-15,22-23,26,30-31H,9-12,16H2,1-2H3,(H,28,34). The number of carbonyl (C=O) groups is 1. The zero-order chi connectivity index (χ0) is 23.7. The van der Waals surface area contributed by atoms with Crippen molar-refractivity contribution in [3.8, 4) is 0 Å². The number of hydrazine groups is 1. The molecule has 3 unspecified atom stereocenters. The Morgan fingerprint density at radius 3 is 2.79 bits per heavy atom. The smallest absolute Gasteiger partial charge is 0.220 e. The Kier molecular flexibility index (Phi) is 6.48. The second kappa shape index (κ2) is 9.68. The SMILES string of the molecule is Cc1ccc(C)c(C2CC3C4NN=C(CCC(=O)NCCc5ccc(Cl)cc5)N4C=CN3N2)c1. The van der Waals surface area contributed by atoms with Gasteiger partial charge in [0.05, 0.1) is 12.1 Å². The number of amidine groups is 1. The lowest BCUT2D eigenvalue weighted by atomic mass is 9.95. The lowest BCUT2D eigenvalue weighted by Gasteiger charge is -2.37. The predicted molar refractivity (Wildman–Crippen MR) is 135 cm³/mol. The molecule has 2 aromatic carbocycles. The Morgan fingerprint density at radius 2 is 1.97 bits per heavy atom. The summed E-state index contributed by atoms with van der Waals surface area (Å²) in [5.74, 6) is 0.948. The highest BCUT2D eigenvalue weighted by molar-refractivity contribution is 6.30. The molecular formula is C26H31ClN6O. The first-order chi connectivity index (χ1) is 16.5. The Bertz CT molecular complexity index is 1110. The fourth-order valence-electron chi connectivity index (χ4n) is 4.96. The number of benzene rings is 2. The number of hydrazone groups is 1. The van der Waals surface area contributed by atoms with Gasteiger partial charge in [0.1, 0.15) is 12.0 Å². The van der Waals surface area contributed by atoms with E-state index in [0.717, 1.165) is 29.3 Å². The molecule has 178 valence electrons. The topological polar surface area (TPSA) is 72.0 Å². The van der Waals surface area contributed by atoms with Crippen molar-refractivity contribution in [2.45, 2.75) is 57.8 Å². The van der Waals surface area contributed by atoms with Crippen molar-refractivity contribution in [1.82, 2.24) is 26.1 Å². The third kappa shape index (κ3) is 4.76. The largest absolute Gasteiger partial charge is 0.356 e. The molecule has 0 saturated carbocycles. The average Bonchev–Trinajstić information content (AvgIpc) is 3.44. The van der Waals surface area contributed by atoms with E-state index in [1.807, 2.05) is 24.3 Å². The first-order valence-corrected chi connectivity index (χ1v) is 12.3. The quantitative estimate of drug-likeness (QED) is 0.565. The minimum atomic E-state index is 0.0419. The summed E-state index contributed by atoms with van der Waals surface area (Å²) in [4.78, 5) is 14.6. The molecule has 2 aromatic rings. The summed E-state index contributed by atoms with van der Waals surface area (Å²) in [7, 11) is 0. The van der Waals surface area contributed by atoms with Crippen molar-refractivity contribution in [2.24, 2.45) is 5.10 Å². The number of nitrogens with zero attached hydrogens (tertiary/aromatic N) is 3. The molecule has 0 aromatic heterocycles. The summed E-state index contributed by atoms with van der Waals surface area (Å²) < 4.78 is 0. The fraction of sp³-hybridized carbons (Fsp3) is 0.385. The van der Waals surface area contributed by atoms with E-state index in [4.69, 9.17) is 11.6 Å². The number of rotatable bonds is 7. The van der Waals surface area contributed by atoms with E-state index in [1.165, 1.54) is 16.7 Å². The van der Waals surface area contributed by atoms with Gasteiger partial charge < -0.3 is 15.2 Å². The maximum absolute atomic E-state index is 12.4. The molecule has 0 radical (unpaired) electrons. The summed E-state index contributed by atoms with van der Waals surface area (Å²) in [5, 5.41) is 10.5. The van der Waals surface area contributed by atoms with E-state index in [9.17, 15) is 4.79 Å². The fourth-order valence-corrected chi connectivity index (χ4v) is 5.09. The van der Waals surface area contributed by atoms with Crippen LogP contribution in [0, 0.1) is 13.8 Å². The molecule has 0 bridgehead atoms. The first-order valence-electron chi connectivity index (χ1n) is 11.9. The monoisotopic (exact) mass is 478 g/mol. The summed E-state index contributed by atoms with van der Waals surface area (Å²) in [5.41, 5.74) is 12.1. The molecule has 1 saturated heterocycles. The van der Waals surface area contributed by atoms with E-state index in [2.05, 4.69) is 75.6 Å². The molecule has 3 N–H and O–H groups in total. The highest BCUT2D eigenvalue weighted by atomic mass is 35.5. The molecule has 5 rings (SSSR count). The molecule has 1 fully saturated rings. The molecule has 3 atom stereocenters. The van der Waals surface area contributed by atoms with Crippen molar-refractivity contribution in [3.63, 3.8) is 0 Å². The number of halogens is 1. The minimum absolute atomic E-state index is 0.0419. The number of carbonyl (C=O) groups excluding carboxylic acids is 1. The van der Waals surface area contributed by atoms with E-state index in [-0.39, 0.29) is 24.2 Å². The van der Waals surface area contributed by atoms with Gasteiger partial charge in [-0.05, 0) is 55.5 Å². The normalized spacial score (nSPS) is 22.8. The number of hydrogen-bond acceptors (Lipinski definition) is 6. The second-order valence-electron chi connectivity index (χ2n) is 9.29. The van der Waals surface area contributed by atoms with Gasteiger partial charge in [-0.25, -0.2) is 5.43 Å². The van der Waals surface area contributed by atoms with Crippen LogP contribution < -0.4 is 16.2 Å². The van der Waals surface area contributed by atoms with Crippen LogP contribution in [0.4, 0.5) is 0 Å². The Morgan fingerprint density at radius 1 is 1.15 bits per heavy atom. The molecule has 1 amide bonds.